The van der Waals surface area contributed by atoms with Gasteiger partial charge in [-0.3, -0.25) is 24.1 Å². The topological polar surface area (TPSA) is 161 Å². The van der Waals surface area contributed by atoms with E-state index in [1.165, 1.54) is 7.05 Å². The predicted octanol–water partition coefficient (Wildman–Crippen LogP) is 0.125. The van der Waals surface area contributed by atoms with Gasteiger partial charge in [-0.15, -0.1) is 0 Å². The van der Waals surface area contributed by atoms with E-state index in [2.05, 4.69) is 15.6 Å². The number of rotatable bonds is 5. The number of nitrogen functional groups attached to an aromatic ring is 1. The predicted molar refractivity (Wildman–Crippen MR) is 106 cm³/mol. The van der Waals surface area contributed by atoms with Crippen molar-refractivity contribution in [1.29, 1.82) is 0 Å². The number of nitrogens with zero attached hydrogens (tertiary/aromatic N) is 2. The van der Waals surface area contributed by atoms with Crippen molar-refractivity contribution >= 4 is 23.5 Å². The van der Waals surface area contributed by atoms with Gasteiger partial charge in [0.2, 0.25) is 5.91 Å². The van der Waals surface area contributed by atoms with E-state index < -0.39 is 34.9 Å². The molecular weight excluding hydrogens is 380 g/mol. The van der Waals surface area contributed by atoms with Crippen LogP contribution < -0.4 is 27.6 Å². The quantitative estimate of drug-likeness (QED) is 0.550. The fraction of sp³-hybridized carbons (Fsp3) is 0.389. The molecule has 0 bridgehead atoms. The molecule has 1 atom stereocenters. The number of pyridine rings is 1. The zero-order valence-electron chi connectivity index (χ0n) is 16.6. The van der Waals surface area contributed by atoms with Crippen molar-refractivity contribution in [3.05, 3.63) is 50.9 Å². The second kappa shape index (κ2) is 8.59. The van der Waals surface area contributed by atoms with Crippen LogP contribution in [0.4, 0.5) is 16.3 Å². The maximum Gasteiger partial charge on any atom is 0.408 e. The number of hydrogen-bond acceptors (Lipinski definition) is 7. The summed E-state index contributed by atoms with van der Waals surface area (Å²) in [5, 5.41) is 4.86. The van der Waals surface area contributed by atoms with Crippen molar-refractivity contribution in [2.75, 3.05) is 11.1 Å². The molecule has 0 unspecified atom stereocenters. The highest BCUT2D eigenvalue weighted by atomic mass is 16.6. The van der Waals surface area contributed by atoms with Crippen LogP contribution in [0.3, 0.4) is 0 Å². The maximum absolute atomic E-state index is 12.8. The molecule has 0 fully saturated rings. The lowest BCUT2D eigenvalue weighted by Crippen LogP contribution is -2.48. The molecule has 2 aromatic heterocycles. The molecular formula is C18H24N6O5. The lowest BCUT2D eigenvalue weighted by atomic mass is 10.1. The summed E-state index contributed by atoms with van der Waals surface area (Å²) >= 11 is 0. The highest BCUT2D eigenvalue weighted by Gasteiger charge is 2.26. The zero-order chi connectivity index (χ0) is 21.8. The first-order chi connectivity index (χ1) is 13.5. The number of ether oxygens (including phenoxy) is 1. The molecule has 11 nitrogen and oxygen atoms in total. The van der Waals surface area contributed by atoms with Crippen molar-refractivity contribution in [2.24, 2.45) is 7.05 Å². The summed E-state index contributed by atoms with van der Waals surface area (Å²) < 4.78 is 6.19. The minimum absolute atomic E-state index is 0.0858. The SMILES string of the molecule is Cn1c(N)c(NC(=O)[C@@H](Cc2cccnc2)NC(=O)OC(C)(C)C)c(=O)[nH]c1=O. The maximum atomic E-state index is 12.8. The molecule has 11 heteroatoms. The van der Waals surface area contributed by atoms with E-state index in [0.29, 0.717) is 5.56 Å². The molecule has 2 heterocycles. The third kappa shape index (κ3) is 5.92. The van der Waals surface area contributed by atoms with Crippen LogP contribution in [0.15, 0.2) is 34.1 Å². The Hall–Kier alpha value is -3.63. The number of alkyl carbamates (subject to hydrolysis) is 1. The summed E-state index contributed by atoms with van der Waals surface area (Å²) in [4.78, 5) is 54.7. The fourth-order valence-electron chi connectivity index (χ4n) is 2.38. The molecule has 0 saturated heterocycles. The van der Waals surface area contributed by atoms with E-state index in [0.717, 1.165) is 4.57 Å². The monoisotopic (exact) mass is 404 g/mol. The zero-order valence-corrected chi connectivity index (χ0v) is 16.6. The lowest BCUT2D eigenvalue weighted by molar-refractivity contribution is -0.118. The Morgan fingerprint density at radius 1 is 1.34 bits per heavy atom. The number of hydrogen-bond donors (Lipinski definition) is 4. The minimum atomic E-state index is -1.09. The number of carbonyl (C=O) groups is 2. The molecule has 0 aliphatic heterocycles. The highest BCUT2D eigenvalue weighted by molar-refractivity contribution is 5.98. The molecule has 0 saturated carbocycles. The largest absolute Gasteiger partial charge is 0.444 e. The van der Waals surface area contributed by atoms with Crippen LogP contribution in [-0.2, 0) is 23.0 Å². The number of amides is 2. The molecule has 0 spiro atoms. The smallest absolute Gasteiger partial charge is 0.408 e. The molecule has 156 valence electrons. The Balaban J connectivity index is 2.29. The van der Waals surface area contributed by atoms with Gasteiger partial charge < -0.3 is 21.1 Å². The van der Waals surface area contributed by atoms with Crippen molar-refractivity contribution in [3.8, 4) is 0 Å². The van der Waals surface area contributed by atoms with Gasteiger partial charge >= 0.3 is 11.8 Å². The number of nitrogens with two attached hydrogens (primary N) is 1. The third-order valence-electron chi connectivity index (χ3n) is 3.79. The van der Waals surface area contributed by atoms with Crippen LogP contribution >= 0.6 is 0 Å². The van der Waals surface area contributed by atoms with Crippen LogP contribution in [0.1, 0.15) is 26.3 Å². The lowest BCUT2D eigenvalue weighted by Gasteiger charge is -2.23. The number of aromatic amines is 1. The Kier molecular flexibility index (Phi) is 6.42. The summed E-state index contributed by atoms with van der Waals surface area (Å²) in [5.41, 5.74) is 3.82. The molecule has 2 aromatic rings. The number of anilines is 2. The van der Waals surface area contributed by atoms with Gasteiger partial charge in [0.05, 0.1) is 0 Å². The van der Waals surface area contributed by atoms with Gasteiger partial charge in [0.1, 0.15) is 23.1 Å². The van der Waals surface area contributed by atoms with Gasteiger partial charge in [-0.25, -0.2) is 9.59 Å². The van der Waals surface area contributed by atoms with Crippen molar-refractivity contribution < 1.29 is 14.3 Å². The Morgan fingerprint density at radius 3 is 2.62 bits per heavy atom. The summed E-state index contributed by atoms with van der Waals surface area (Å²) in [5.74, 6) is -0.931. The minimum Gasteiger partial charge on any atom is -0.444 e. The second-order valence-corrected chi connectivity index (χ2v) is 7.33. The highest BCUT2D eigenvalue weighted by Crippen LogP contribution is 2.12. The van der Waals surface area contributed by atoms with Crippen LogP contribution in [0.2, 0.25) is 0 Å². The van der Waals surface area contributed by atoms with Gasteiger partial charge in [0, 0.05) is 25.9 Å². The standard InChI is InChI=1S/C18H24N6O5/c1-18(2,3)29-17(28)21-11(8-10-6-5-7-20-9-10)14(25)22-12-13(19)24(4)16(27)23-15(12)26/h5-7,9,11H,8,19H2,1-4H3,(H,21,28)(H,22,25)(H,23,26,27)/t11-/m1/s1. The van der Waals surface area contributed by atoms with Crippen LogP contribution in [0.5, 0.6) is 0 Å². The number of nitrogens with one attached hydrogen (secondary N) is 3. The van der Waals surface area contributed by atoms with E-state index in [1.807, 2.05) is 4.98 Å². The first kappa shape index (κ1) is 21.7. The van der Waals surface area contributed by atoms with E-state index in [-0.39, 0.29) is 17.9 Å². The molecule has 0 aromatic carbocycles. The Bertz CT molecular complexity index is 1010. The molecule has 29 heavy (non-hydrogen) atoms. The van der Waals surface area contributed by atoms with E-state index in [1.54, 1.807) is 45.3 Å². The summed E-state index contributed by atoms with van der Waals surface area (Å²) in [6, 6.07) is 2.33. The average Bonchev–Trinajstić information content (AvgIpc) is 2.62. The Morgan fingerprint density at radius 2 is 2.03 bits per heavy atom. The van der Waals surface area contributed by atoms with Crippen LogP contribution in [0, 0.1) is 0 Å². The van der Waals surface area contributed by atoms with E-state index in [9.17, 15) is 19.2 Å². The number of aromatic nitrogens is 3. The summed E-state index contributed by atoms with van der Waals surface area (Å²) in [6.45, 7) is 5.06. The van der Waals surface area contributed by atoms with Gasteiger partial charge in [-0.2, -0.15) is 0 Å². The summed E-state index contributed by atoms with van der Waals surface area (Å²) in [7, 11) is 1.34. The van der Waals surface area contributed by atoms with Gasteiger partial charge in [0.15, 0.2) is 0 Å². The molecule has 0 radical (unpaired) electrons. The average molecular weight is 404 g/mol. The Labute approximate surface area is 166 Å². The van der Waals surface area contributed by atoms with Crippen molar-refractivity contribution in [2.45, 2.75) is 38.8 Å². The van der Waals surface area contributed by atoms with Crippen molar-refractivity contribution in [3.63, 3.8) is 0 Å². The first-order valence-electron chi connectivity index (χ1n) is 8.76. The fourth-order valence-corrected chi connectivity index (χ4v) is 2.38. The van der Waals surface area contributed by atoms with E-state index in [4.69, 9.17) is 10.5 Å². The molecule has 5 N–H and O–H groups in total. The molecule has 0 aliphatic rings. The number of carbonyl (C=O) groups excluding carboxylic acids is 2. The molecule has 2 rings (SSSR count). The number of H-pyrrole nitrogens is 1. The van der Waals surface area contributed by atoms with Gasteiger partial charge in [-0.1, -0.05) is 6.07 Å². The summed E-state index contributed by atoms with van der Waals surface area (Å²) in [6.07, 6.45) is 2.40. The second-order valence-electron chi connectivity index (χ2n) is 7.33. The third-order valence-corrected chi connectivity index (χ3v) is 3.79. The molecule has 2 amide bonds. The normalized spacial score (nSPS) is 12.1. The van der Waals surface area contributed by atoms with Gasteiger partial charge in [0.25, 0.3) is 5.56 Å². The van der Waals surface area contributed by atoms with E-state index >= 15 is 0 Å². The molecule has 0 aliphatic carbocycles. The van der Waals surface area contributed by atoms with Crippen molar-refractivity contribution in [1.82, 2.24) is 19.9 Å². The van der Waals surface area contributed by atoms with Gasteiger partial charge in [-0.05, 0) is 32.4 Å². The van der Waals surface area contributed by atoms with Crippen LogP contribution in [-0.4, -0.2) is 38.2 Å². The van der Waals surface area contributed by atoms with Crippen LogP contribution in [0.25, 0.3) is 0 Å². The first-order valence-corrected chi connectivity index (χ1v) is 8.76.